The van der Waals surface area contributed by atoms with Crippen molar-refractivity contribution in [2.45, 2.75) is 32.6 Å². The van der Waals surface area contributed by atoms with Crippen molar-refractivity contribution in [1.82, 2.24) is 4.98 Å². The molecule has 2 aromatic rings. The third-order valence-electron chi connectivity index (χ3n) is 4.46. The maximum absolute atomic E-state index is 11.1. The summed E-state index contributed by atoms with van der Waals surface area (Å²) in [5, 5.41) is 15.4. The third-order valence-corrected chi connectivity index (χ3v) is 4.46. The van der Waals surface area contributed by atoms with Crippen LogP contribution in [0, 0.1) is 15.5 Å². The monoisotopic (exact) mass is 285 g/mol. The first kappa shape index (κ1) is 13.8. The molecule has 21 heavy (non-hydrogen) atoms. The van der Waals surface area contributed by atoms with Crippen LogP contribution in [0.3, 0.4) is 0 Å². The minimum atomic E-state index is -0.378. The van der Waals surface area contributed by atoms with Crippen molar-refractivity contribution < 1.29 is 4.92 Å². The molecule has 5 heteroatoms. The van der Waals surface area contributed by atoms with Gasteiger partial charge in [-0.1, -0.05) is 31.9 Å². The average molecular weight is 285 g/mol. The van der Waals surface area contributed by atoms with E-state index in [4.69, 9.17) is 0 Å². The fourth-order valence-corrected chi connectivity index (χ4v) is 3.18. The zero-order valence-corrected chi connectivity index (χ0v) is 12.1. The largest absolute Gasteiger partial charge is 0.384 e. The quantitative estimate of drug-likeness (QED) is 0.677. The molecule has 0 spiro atoms. The van der Waals surface area contributed by atoms with Gasteiger partial charge in [0.1, 0.15) is 5.52 Å². The summed E-state index contributed by atoms with van der Waals surface area (Å²) >= 11 is 0. The van der Waals surface area contributed by atoms with Gasteiger partial charge >= 0.3 is 0 Å². The van der Waals surface area contributed by atoms with E-state index in [1.165, 1.54) is 31.7 Å². The SMILES string of the molecule is CC1(CNc2ccnc3c([N+](=O)[O-])cccc23)CCCC1. The number of para-hydroxylation sites is 1. The molecule has 1 aromatic heterocycles. The van der Waals surface area contributed by atoms with Crippen LogP contribution in [0.5, 0.6) is 0 Å². The standard InChI is InChI=1S/C16H19N3O2/c1-16(8-2-3-9-16)11-18-13-7-10-17-15-12(13)5-4-6-14(15)19(20)21/h4-7,10H,2-3,8-9,11H2,1H3,(H,17,18). The summed E-state index contributed by atoms with van der Waals surface area (Å²) in [7, 11) is 0. The molecule has 1 fully saturated rings. The van der Waals surface area contributed by atoms with Crippen molar-refractivity contribution >= 4 is 22.3 Å². The van der Waals surface area contributed by atoms with Crippen molar-refractivity contribution in [3.05, 3.63) is 40.6 Å². The number of rotatable bonds is 4. The first-order valence-corrected chi connectivity index (χ1v) is 7.35. The van der Waals surface area contributed by atoms with E-state index in [-0.39, 0.29) is 10.6 Å². The van der Waals surface area contributed by atoms with Gasteiger partial charge in [-0.25, -0.2) is 4.98 Å². The molecule has 0 amide bonds. The lowest BCUT2D eigenvalue weighted by Gasteiger charge is -2.24. The van der Waals surface area contributed by atoms with Crippen LogP contribution in [0.4, 0.5) is 11.4 Å². The molecule has 3 rings (SSSR count). The van der Waals surface area contributed by atoms with E-state index < -0.39 is 0 Å². The number of nitro groups is 1. The number of hydrogen-bond donors (Lipinski definition) is 1. The Morgan fingerprint density at radius 3 is 2.81 bits per heavy atom. The zero-order chi connectivity index (χ0) is 14.9. The van der Waals surface area contributed by atoms with Crippen LogP contribution in [0.1, 0.15) is 32.6 Å². The van der Waals surface area contributed by atoms with Crippen LogP contribution >= 0.6 is 0 Å². The molecule has 0 aliphatic heterocycles. The van der Waals surface area contributed by atoms with Gasteiger partial charge in [0.2, 0.25) is 0 Å². The minimum Gasteiger partial charge on any atom is -0.384 e. The average Bonchev–Trinajstić information content (AvgIpc) is 2.91. The highest BCUT2D eigenvalue weighted by molar-refractivity contribution is 5.96. The Morgan fingerprint density at radius 2 is 2.10 bits per heavy atom. The van der Waals surface area contributed by atoms with Gasteiger partial charge in [-0.15, -0.1) is 0 Å². The highest BCUT2D eigenvalue weighted by Crippen LogP contribution is 2.38. The summed E-state index contributed by atoms with van der Waals surface area (Å²) in [5.41, 5.74) is 1.76. The summed E-state index contributed by atoms with van der Waals surface area (Å²) in [6.45, 7) is 3.20. The molecule has 0 unspecified atom stereocenters. The smallest absolute Gasteiger partial charge is 0.295 e. The van der Waals surface area contributed by atoms with Crippen molar-refractivity contribution in [3.8, 4) is 0 Å². The second-order valence-corrected chi connectivity index (χ2v) is 6.16. The molecule has 1 aliphatic carbocycles. The molecule has 0 saturated heterocycles. The van der Waals surface area contributed by atoms with Crippen LogP contribution in [0.25, 0.3) is 10.9 Å². The normalized spacial score (nSPS) is 17.0. The molecule has 110 valence electrons. The summed E-state index contributed by atoms with van der Waals surface area (Å²) < 4.78 is 0. The van der Waals surface area contributed by atoms with Crippen LogP contribution in [-0.4, -0.2) is 16.5 Å². The second-order valence-electron chi connectivity index (χ2n) is 6.16. The van der Waals surface area contributed by atoms with Gasteiger partial charge in [-0.05, 0) is 24.3 Å². The summed E-state index contributed by atoms with van der Waals surface area (Å²) in [6, 6.07) is 6.99. The van der Waals surface area contributed by atoms with E-state index in [9.17, 15) is 10.1 Å². The van der Waals surface area contributed by atoms with E-state index in [0.717, 1.165) is 17.6 Å². The maximum Gasteiger partial charge on any atom is 0.295 e. The van der Waals surface area contributed by atoms with Gasteiger partial charge in [-0.2, -0.15) is 0 Å². The third kappa shape index (κ3) is 2.68. The molecule has 0 atom stereocenters. The fraction of sp³-hybridized carbons (Fsp3) is 0.438. The Bertz CT molecular complexity index is 678. The molecule has 1 aliphatic rings. The molecule has 1 saturated carbocycles. The number of hydrogen-bond acceptors (Lipinski definition) is 4. The van der Waals surface area contributed by atoms with Crippen LogP contribution in [-0.2, 0) is 0 Å². The highest BCUT2D eigenvalue weighted by Gasteiger charge is 2.28. The zero-order valence-electron chi connectivity index (χ0n) is 12.1. The molecular weight excluding hydrogens is 266 g/mol. The van der Waals surface area contributed by atoms with Gasteiger partial charge in [0, 0.05) is 29.9 Å². The predicted molar refractivity (Wildman–Crippen MR) is 83.5 cm³/mol. The van der Waals surface area contributed by atoms with E-state index >= 15 is 0 Å². The molecule has 1 aromatic carbocycles. The second kappa shape index (κ2) is 5.31. The lowest BCUT2D eigenvalue weighted by atomic mass is 9.89. The van der Waals surface area contributed by atoms with Gasteiger partial charge in [0.15, 0.2) is 0 Å². The number of nitrogens with zero attached hydrogens (tertiary/aromatic N) is 2. The van der Waals surface area contributed by atoms with Crippen LogP contribution in [0.2, 0.25) is 0 Å². The van der Waals surface area contributed by atoms with Crippen LogP contribution in [0.15, 0.2) is 30.5 Å². The Hall–Kier alpha value is -2.17. The number of pyridine rings is 1. The number of nitrogens with one attached hydrogen (secondary N) is 1. The Kier molecular flexibility index (Phi) is 3.49. The molecule has 1 N–H and O–H groups in total. The maximum atomic E-state index is 11.1. The molecule has 5 nitrogen and oxygen atoms in total. The number of anilines is 1. The highest BCUT2D eigenvalue weighted by atomic mass is 16.6. The Labute approximate surface area is 123 Å². The van der Waals surface area contributed by atoms with E-state index in [1.54, 1.807) is 12.3 Å². The summed E-state index contributed by atoms with van der Waals surface area (Å²) in [5.74, 6) is 0. The first-order chi connectivity index (χ1) is 10.1. The Balaban J connectivity index is 1.92. The molecule has 1 heterocycles. The number of aromatic nitrogens is 1. The topological polar surface area (TPSA) is 68.1 Å². The Morgan fingerprint density at radius 1 is 1.33 bits per heavy atom. The van der Waals surface area contributed by atoms with Gasteiger partial charge in [0.05, 0.1) is 4.92 Å². The molecule has 0 bridgehead atoms. The van der Waals surface area contributed by atoms with E-state index in [2.05, 4.69) is 17.2 Å². The van der Waals surface area contributed by atoms with E-state index in [1.807, 2.05) is 12.1 Å². The lowest BCUT2D eigenvalue weighted by Crippen LogP contribution is -2.23. The number of fused-ring (bicyclic) bond motifs is 1. The van der Waals surface area contributed by atoms with Crippen molar-refractivity contribution in [3.63, 3.8) is 0 Å². The van der Waals surface area contributed by atoms with Gasteiger partial charge in [-0.3, -0.25) is 10.1 Å². The van der Waals surface area contributed by atoms with Crippen molar-refractivity contribution in [2.24, 2.45) is 5.41 Å². The predicted octanol–water partition coefficient (Wildman–Crippen LogP) is 4.14. The lowest BCUT2D eigenvalue weighted by molar-refractivity contribution is -0.383. The number of non-ortho nitro benzene ring substituents is 1. The molecule has 0 radical (unpaired) electrons. The van der Waals surface area contributed by atoms with Crippen LogP contribution < -0.4 is 5.32 Å². The summed E-state index contributed by atoms with van der Waals surface area (Å²) in [4.78, 5) is 14.9. The number of nitro benzene ring substituents is 1. The van der Waals surface area contributed by atoms with Crippen molar-refractivity contribution in [2.75, 3.05) is 11.9 Å². The van der Waals surface area contributed by atoms with Gasteiger partial charge in [0.25, 0.3) is 5.69 Å². The number of benzene rings is 1. The molecular formula is C16H19N3O2. The summed E-state index contributed by atoms with van der Waals surface area (Å²) in [6.07, 6.45) is 6.70. The van der Waals surface area contributed by atoms with Gasteiger partial charge < -0.3 is 5.32 Å². The fourth-order valence-electron chi connectivity index (χ4n) is 3.18. The van der Waals surface area contributed by atoms with Crippen molar-refractivity contribution in [1.29, 1.82) is 0 Å². The minimum absolute atomic E-state index is 0.0585. The first-order valence-electron chi connectivity index (χ1n) is 7.35. The van der Waals surface area contributed by atoms with E-state index in [0.29, 0.717) is 10.9 Å².